The normalized spacial score (nSPS) is 11.8. The molecule has 0 aliphatic rings. The lowest BCUT2D eigenvalue weighted by Crippen LogP contribution is -2.40. The molecule has 1 aromatic rings. The molecule has 110 valence electrons. The van der Waals surface area contributed by atoms with Crippen LogP contribution in [0.4, 0.5) is 0 Å². The average Bonchev–Trinajstić information content (AvgIpc) is 2.42. The molecule has 2 N–H and O–H groups in total. The zero-order valence-corrected chi connectivity index (χ0v) is 13.3. The lowest BCUT2D eigenvalue weighted by atomic mass is 10.1. The maximum atomic E-state index is 12.2. The minimum absolute atomic E-state index is 0.0184. The van der Waals surface area contributed by atoms with E-state index in [1.54, 1.807) is 17.9 Å². The molecule has 0 saturated carbocycles. The molecule has 0 bridgehead atoms. The van der Waals surface area contributed by atoms with E-state index in [4.69, 9.17) is 22.7 Å². The summed E-state index contributed by atoms with van der Waals surface area (Å²) in [4.78, 5) is 14.3. The number of amides is 1. The third-order valence-corrected chi connectivity index (χ3v) is 3.43. The van der Waals surface area contributed by atoms with E-state index >= 15 is 0 Å². The molecule has 0 aliphatic heterocycles. The van der Waals surface area contributed by atoms with Gasteiger partial charge in [0, 0.05) is 18.7 Å². The van der Waals surface area contributed by atoms with Crippen molar-refractivity contribution < 1.29 is 9.53 Å². The van der Waals surface area contributed by atoms with Gasteiger partial charge in [0.15, 0.2) is 6.10 Å². The van der Waals surface area contributed by atoms with Gasteiger partial charge >= 0.3 is 0 Å². The largest absolute Gasteiger partial charge is 0.481 e. The Balaban J connectivity index is 2.89. The molecule has 4 nitrogen and oxygen atoms in total. The average molecular weight is 294 g/mol. The van der Waals surface area contributed by atoms with Crippen LogP contribution in [0.1, 0.15) is 31.9 Å². The summed E-state index contributed by atoms with van der Waals surface area (Å²) in [5, 5.41) is 0. The van der Waals surface area contributed by atoms with Crippen molar-refractivity contribution >= 4 is 23.1 Å². The molecular formula is C15H22N2O2S. The van der Waals surface area contributed by atoms with Gasteiger partial charge in [-0.3, -0.25) is 4.79 Å². The fraction of sp³-hybridized carbons (Fsp3) is 0.467. The molecule has 20 heavy (non-hydrogen) atoms. The van der Waals surface area contributed by atoms with Gasteiger partial charge in [-0.15, -0.1) is 0 Å². The Morgan fingerprint density at radius 1 is 1.40 bits per heavy atom. The van der Waals surface area contributed by atoms with Crippen LogP contribution in [0.15, 0.2) is 18.2 Å². The summed E-state index contributed by atoms with van der Waals surface area (Å²) < 4.78 is 5.78. The van der Waals surface area contributed by atoms with E-state index < -0.39 is 6.10 Å². The molecule has 0 fully saturated rings. The van der Waals surface area contributed by atoms with Gasteiger partial charge in [-0.2, -0.15) is 0 Å². The number of nitrogens with two attached hydrogens (primary N) is 1. The van der Waals surface area contributed by atoms with Gasteiger partial charge in [0.1, 0.15) is 10.7 Å². The van der Waals surface area contributed by atoms with Crippen LogP contribution in [0.5, 0.6) is 5.75 Å². The Hall–Kier alpha value is -1.62. The minimum Gasteiger partial charge on any atom is -0.481 e. The quantitative estimate of drug-likeness (QED) is 0.818. The van der Waals surface area contributed by atoms with Crippen LogP contribution in [0, 0.1) is 6.92 Å². The topological polar surface area (TPSA) is 55.6 Å². The van der Waals surface area contributed by atoms with Gasteiger partial charge in [-0.05, 0) is 39.3 Å². The smallest absolute Gasteiger partial charge is 0.263 e. The summed E-state index contributed by atoms with van der Waals surface area (Å²) in [6.07, 6.45) is -0.532. The van der Waals surface area contributed by atoms with E-state index in [0.717, 1.165) is 11.1 Å². The standard InChI is InChI=1S/C15H22N2O2S/c1-5-17(6-2)15(18)11(4)19-13-9-12(14(16)20)8-7-10(13)3/h7-9,11H,5-6H2,1-4H3,(H2,16,20). The number of carbonyl (C=O) groups excluding carboxylic acids is 1. The Morgan fingerprint density at radius 2 is 2.00 bits per heavy atom. The Bertz CT molecular complexity index is 499. The summed E-state index contributed by atoms with van der Waals surface area (Å²) in [7, 11) is 0. The zero-order valence-electron chi connectivity index (χ0n) is 12.5. The first-order valence-corrected chi connectivity index (χ1v) is 7.17. The lowest BCUT2D eigenvalue weighted by molar-refractivity contribution is -0.137. The van der Waals surface area contributed by atoms with E-state index in [1.807, 2.05) is 32.9 Å². The number of aryl methyl sites for hydroxylation is 1. The fourth-order valence-electron chi connectivity index (χ4n) is 1.91. The van der Waals surface area contributed by atoms with Crippen molar-refractivity contribution in [3.8, 4) is 5.75 Å². The third kappa shape index (κ3) is 3.93. The number of rotatable bonds is 6. The number of thiocarbonyl (C=S) groups is 1. The van der Waals surface area contributed by atoms with Crippen LogP contribution in [-0.4, -0.2) is 35.0 Å². The fourth-order valence-corrected chi connectivity index (χ4v) is 2.04. The minimum atomic E-state index is -0.532. The number of nitrogens with zero attached hydrogens (tertiary/aromatic N) is 1. The van der Waals surface area contributed by atoms with Gasteiger partial charge in [-0.25, -0.2) is 0 Å². The monoisotopic (exact) mass is 294 g/mol. The number of ether oxygens (including phenoxy) is 1. The maximum absolute atomic E-state index is 12.2. The molecule has 0 aromatic heterocycles. The molecule has 1 rings (SSSR count). The molecule has 1 amide bonds. The first kappa shape index (κ1) is 16.4. The predicted molar refractivity (Wildman–Crippen MR) is 85.1 cm³/mol. The van der Waals surface area contributed by atoms with Crippen molar-refractivity contribution in [1.29, 1.82) is 0 Å². The molecule has 1 unspecified atom stereocenters. The van der Waals surface area contributed by atoms with Crippen molar-refractivity contribution in [2.45, 2.75) is 33.8 Å². The van der Waals surface area contributed by atoms with E-state index in [9.17, 15) is 4.79 Å². The first-order valence-electron chi connectivity index (χ1n) is 6.76. The molecule has 0 radical (unpaired) electrons. The van der Waals surface area contributed by atoms with Crippen molar-refractivity contribution in [3.05, 3.63) is 29.3 Å². The van der Waals surface area contributed by atoms with Crippen molar-refractivity contribution in [2.24, 2.45) is 5.73 Å². The van der Waals surface area contributed by atoms with Gasteiger partial charge in [-0.1, -0.05) is 24.4 Å². The Labute approximate surface area is 125 Å². The van der Waals surface area contributed by atoms with Gasteiger partial charge in [0.05, 0.1) is 0 Å². The van der Waals surface area contributed by atoms with Crippen LogP contribution in [0.25, 0.3) is 0 Å². The van der Waals surface area contributed by atoms with Crippen LogP contribution >= 0.6 is 12.2 Å². The van der Waals surface area contributed by atoms with Crippen LogP contribution in [0.2, 0.25) is 0 Å². The van der Waals surface area contributed by atoms with E-state index in [2.05, 4.69) is 0 Å². The Kier molecular flexibility index (Phi) is 5.95. The SMILES string of the molecule is CCN(CC)C(=O)C(C)Oc1cc(C(N)=S)ccc1C. The number of carbonyl (C=O) groups is 1. The molecule has 0 heterocycles. The number of likely N-dealkylation sites (N-methyl/N-ethyl adjacent to an activating group) is 1. The van der Waals surface area contributed by atoms with Gasteiger partial charge < -0.3 is 15.4 Å². The molecule has 0 spiro atoms. The van der Waals surface area contributed by atoms with Crippen molar-refractivity contribution in [3.63, 3.8) is 0 Å². The second-order valence-corrected chi connectivity index (χ2v) is 5.05. The molecule has 0 aliphatic carbocycles. The van der Waals surface area contributed by atoms with Crippen molar-refractivity contribution in [2.75, 3.05) is 13.1 Å². The number of hydrogen-bond donors (Lipinski definition) is 1. The molecule has 5 heteroatoms. The van der Waals surface area contributed by atoms with E-state index in [0.29, 0.717) is 23.8 Å². The molecule has 1 aromatic carbocycles. The van der Waals surface area contributed by atoms with Crippen LogP contribution in [-0.2, 0) is 4.79 Å². The highest BCUT2D eigenvalue weighted by Gasteiger charge is 2.20. The van der Waals surface area contributed by atoms with Gasteiger partial charge in [0.2, 0.25) is 0 Å². The summed E-state index contributed by atoms with van der Waals surface area (Å²) >= 11 is 4.96. The summed E-state index contributed by atoms with van der Waals surface area (Å²) in [6.45, 7) is 8.93. The maximum Gasteiger partial charge on any atom is 0.263 e. The third-order valence-electron chi connectivity index (χ3n) is 3.20. The molecule has 1 atom stereocenters. The van der Waals surface area contributed by atoms with Crippen molar-refractivity contribution in [1.82, 2.24) is 4.90 Å². The van der Waals surface area contributed by atoms with Crippen LogP contribution in [0.3, 0.4) is 0 Å². The second-order valence-electron chi connectivity index (χ2n) is 4.62. The van der Waals surface area contributed by atoms with E-state index in [1.165, 1.54) is 0 Å². The summed E-state index contributed by atoms with van der Waals surface area (Å²) in [5.41, 5.74) is 7.30. The van der Waals surface area contributed by atoms with E-state index in [-0.39, 0.29) is 5.91 Å². The van der Waals surface area contributed by atoms with Crippen LogP contribution < -0.4 is 10.5 Å². The lowest BCUT2D eigenvalue weighted by Gasteiger charge is -2.24. The molecule has 0 saturated heterocycles. The highest BCUT2D eigenvalue weighted by atomic mass is 32.1. The summed E-state index contributed by atoms with van der Waals surface area (Å²) in [6, 6.07) is 5.52. The number of hydrogen-bond acceptors (Lipinski definition) is 3. The van der Waals surface area contributed by atoms with Gasteiger partial charge in [0.25, 0.3) is 5.91 Å². The number of benzene rings is 1. The Morgan fingerprint density at radius 3 is 2.50 bits per heavy atom. The second kappa shape index (κ2) is 7.24. The zero-order chi connectivity index (χ0) is 15.3. The predicted octanol–water partition coefficient (Wildman–Crippen LogP) is 2.26. The first-order chi connectivity index (χ1) is 9.40. The highest BCUT2D eigenvalue weighted by molar-refractivity contribution is 7.80. The highest BCUT2D eigenvalue weighted by Crippen LogP contribution is 2.21. The molecular weight excluding hydrogens is 272 g/mol. The summed E-state index contributed by atoms with van der Waals surface area (Å²) in [5.74, 6) is 0.624.